The molecule has 0 N–H and O–H groups in total. The number of hydrogen-bond donors (Lipinski definition) is 0. The first-order valence-electron chi connectivity index (χ1n) is 3.38. The summed E-state index contributed by atoms with van der Waals surface area (Å²) >= 11 is 0. The van der Waals surface area contributed by atoms with E-state index in [2.05, 4.69) is 6.07 Å². The molecule has 1 saturated heterocycles. The van der Waals surface area contributed by atoms with Gasteiger partial charge in [-0.3, -0.25) is 0 Å². The van der Waals surface area contributed by atoms with Gasteiger partial charge < -0.3 is 9.47 Å². The summed E-state index contributed by atoms with van der Waals surface area (Å²) in [6, 6.07) is 2.20. The Labute approximate surface area is 60.5 Å². The highest BCUT2D eigenvalue weighted by Crippen LogP contribution is 2.16. The lowest BCUT2D eigenvalue weighted by atomic mass is 9.99. The summed E-state index contributed by atoms with van der Waals surface area (Å²) in [6.07, 6.45) is 0.786. The van der Waals surface area contributed by atoms with Gasteiger partial charge in [0.1, 0.15) is 0 Å². The van der Waals surface area contributed by atoms with E-state index in [1.165, 1.54) is 0 Å². The number of nitriles is 1. The third-order valence-corrected chi connectivity index (χ3v) is 1.77. The van der Waals surface area contributed by atoms with Gasteiger partial charge in [0.25, 0.3) is 0 Å². The summed E-state index contributed by atoms with van der Waals surface area (Å²) in [7, 11) is 1.61. The van der Waals surface area contributed by atoms with Crippen molar-refractivity contribution in [2.24, 2.45) is 5.92 Å². The number of nitrogens with zero attached hydrogens (tertiary/aromatic N) is 1. The van der Waals surface area contributed by atoms with Crippen LogP contribution in [-0.2, 0) is 9.47 Å². The van der Waals surface area contributed by atoms with Crippen LogP contribution in [-0.4, -0.2) is 26.4 Å². The maximum Gasteiger partial charge on any atom is 0.0963 e. The summed E-state index contributed by atoms with van der Waals surface area (Å²) < 4.78 is 10.2. The van der Waals surface area contributed by atoms with E-state index in [0.717, 1.165) is 6.42 Å². The number of ether oxygens (including phenoxy) is 2. The van der Waals surface area contributed by atoms with Gasteiger partial charge in [0, 0.05) is 13.7 Å². The average molecular weight is 141 g/mol. The molecular weight excluding hydrogens is 130 g/mol. The Bertz CT molecular complexity index is 141. The molecule has 1 aliphatic rings. The lowest BCUT2D eigenvalue weighted by Crippen LogP contribution is -2.32. The first-order valence-corrected chi connectivity index (χ1v) is 3.38. The quantitative estimate of drug-likeness (QED) is 0.536. The van der Waals surface area contributed by atoms with Crippen LogP contribution in [0, 0.1) is 17.2 Å². The van der Waals surface area contributed by atoms with Crippen molar-refractivity contribution in [3.63, 3.8) is 0 Å². The second-order valence-electron chi connectivity index (χ2n) is 2.37. The van der Waals surface area contributed by atoms with Crippen LogP contribution in [0.1, 0.15) is 6.42 Å². The Hall–Kier alpha value is -0.590. The average Bonchev–Trinajstić information content (AvgIpc) is 2.04. The van der Waals surface area contributed by atoms with E-state index in [1.54, 1.807) is 7.11 Å². The zero-order valence-electron chi connectivity index (χ0n) is 6.04. The lowest BCUT2D eigenvalue weighted by Gasteiger charge is -2.25. The van der Waals surface area contributed by atoms with Gasteiger partial charge >= 0.3 is 0 Å². The minimum Gasteiger partial charge on any atom is -0.379 e. The molecule has 0 aromatic heterocycles. The summed E-state index contributed by atoms with van der Waals surface area (Å²) in [5.41, 5.74) is 0. The van der Waals surface area contributed by atoms with Crippen LogP contribution in [0.25, 0.3) is 0 Å². The molecule has 1 heterocycles. The molecule has 1 rings (SSSR count). The summed E-state index contributed by atoms with van der Waals surface area (Å²) in [4.78, 5) is 0. The fourth-order valence-corrected chi connectivity index (χ4v) is 1.09. The Morgan fingerprint density at radius 1 is 1.70 bits per heavy atom. The molecular formula is C7H11NO2. The minimum atomic E-state index is -0.0150. The van der Waals surface area contributed by atoms with Crippen LogP contribution in [0.5, 0.6) is 0 Å². The van der Waals surface area contributed by atoms with Gasteiger partial charge in [-0.25, -0.2) is 0 Å². The van der Waals surface area contributed by atoms with E-state index in [0.29, 0.717) is 13.2 Å². The molecule has 0 spiro atoms. The van der Waals surface area contributed by atoms with Crippen LogP contribution in [0.3, 0.4) is 0 Å². The van der Waals surface area contributed by atoms with Gasteiger partial charge in [-0.05, 0) is 6.42 Å². The van der Waals surface area contributed by atoms with E-state index in [4.69, 9.17) is 14.7 Å². The van der Waals surface area contributed by atoms with Crippen molar-refractivity contribution in [1.82, 2.24) is 0 Å². The zero-order valence-corrected chi connectivity index (χ0v) is 6.04. The predicted octanol–water partition coefficient (Wildman–Crippen LogP) is 0.561. The molecule has 10 heavy (non-hydrogen) atoms. The molecule has 0 aromatic carbocycles. The first kappa shape index (κ1) is 7.52. The van der Waals surface area contributed by atoms with Crippen LogP contribution >= 0.6 is 0 Å². The fourth-order valence-electron chi connectivity index (χ4n) is 1.09. The molecule has 3 nitrogen and oxygen atoms in total. The number of methoxy groups -OCH3 is 1. The van der Waals surface area contributed by atoms with Crippen molar-refractivity contribution < 1.29 is 9.47 Å². The fraction of sp³-hybridized carbons (Fsp3) is 0.857. The second kappa shape index (κ2) is 3.55. The van der Waals surface area contributed by atoms with E-state index in [1.807, 2.05) is 0 Å². The molecule has 0 aromatic rings. The van der Waals surface area contributed by atoms with E-state index in [9.17, 15) is 0 Å². The zero-order chi connectivity index (χ0) is 7.40. The Balaban J connectivity index is 2.44. The maximum atomic E-state index is 8.61. The minimum absolute atomic E-state index is 0.0150. The van der Waals surface area contributed by atoms with Crippen molar-refractivity contribution in [2.45, 2.75) is 12.5 Å². The van der Waals surface area contributed by atoms with Crippen LogP contribution in [0.15, 0.2) is 0 Å². The van der Waals surface area contributed by atoms with Gasteiger partial charge in [0.2, 0.25) is 0 Å². The molecule has 56 valence electrons. The van der Waals surface area contributed by atoms with Crippen molar-refractivity contribution >= 4 is 0 Å². The third kappa shape index (κ3) is 1.47. The molecule has 0 radical (unpaired) electrons. The van der Waals surface area contributed by atoms with Gasteiger partial charge in [0.05, 0.1) is 24.7 Å². The van der Waals surface area contributed by atoms with Crippen LogP contribution in [0.2, 0.25) is 0 Å². The molecule has 3 heteroatoms. The molecule has 1 fully saturated rings. The van der Waals surface area contributed by atoms with Gasteiger partial charge in [-0.1, -0.05) is 0 Å². The predicted molar refractivity (Wildman–Crippen MR) is 35.3 cm³/mol. The summed E-state index contributed by atoms with van der Waals surface area (Å²) in [5.74, 6) is 0.0266. The monoisotopic (exact) mass is 141 g/mol. The van der Waals surface area contributed by atoms with Crippen LogP contribution < -0.4 is 0 Å². The molecule has 0 bridgehead atoms. The normalized spacial score (nSPS) is 33.2. The molecule has 0 amide bonds. The highest BCUT2D eigenvalue weighted by atomic mass is 16.5. The van der Waals surface area contributed by atoms with Gasteiger partial charge in [-0.15, -0.1) is 0 Å². The standard InChI is InChI=1S/C7H11NO2/c1-9-7-5-10-3-2-6(7)4-8/h6-7H,2-3,5H2,1H3/t6-,7+/m1/s1. The van der Waals surface area contributed by atoms with Crippen LogP contribution in [0.4, 0.5) is 0 Å². The smallest absolute Gasteiger partial charge is 0.0963 e. The largest absolute Gasteiger partial charge is 0.379 e. The number of hydrogen-bond acceptors (Lipinski definition) is 3. The Kier molecular flexibility index (Phi) is 2.67. The second-order valence-corrected chi connectivity index (χ2v) is 2.37. The third-order valence-electron chi connectivity index (χ3n) is 1.77. The molecule has 0 unspecified atom stereocenters. The van der Waals surface area contributed by atoms with Crippen molar-refractivity contribution in [1.29, 1.82) is 5.26 Å². The van der Waals surface area contributed by atoms with E-state index >= 15 is 0 Å². The molecule has 0 aliphatic carbocycles. The summed E-state index contributed by atoms with van der Waals surface area (Å²) in [6.45, 7) is 1.26. The SMILES string of the molecule is CO[C@H]1COCC[C@@H]1C#N. The van der Waals surface area contributed by atoms with Gasteiger partial charge in [0.15, 0.2) is 0 Å². The van der Waals surface area contributed by atoms with Crippen molar-refractivity contribution in [3.05, 3.63) is 0 Å². The molecule has 1 aliphatic heterocycles. The molecule has 2 atom stereocenters. The number of rotatable bonds is 1. The molecule has 0 saturated carbocycles. The Morgan fingerprint density at radius 3 is 3.00 bits per heavy atom. The van der Waals surface area contributed by atoms with Gasteiger partial charge in [-0.2, -0.15) is 5.26 Å². The first-order chi connectivity index (χ1) is 4.88. The van der Waals surface area contributed by atoms with E-state index < -0.39 is 0 Å². The topological polar surface area (TPSA) is 42.2 Å². The Morgan fingerprint density at radius 2 is 2.50 bits per heavy atom. The highest BCUT2D eigenvalue weighted by Gasteiger charge is 2.24. The van der Waals surface area contributed by atoms with Crippen molar-refractivity contribution in [3.8, 4) is 6.07 Å². The highest BCUT2D eigenvalue weighted by molar-refractivity contribution is 4.90. The van der Waals surface area contributed by atoms with Crippen molar-refractivity contribution in [2.75, 3.05) is 20.3 Å². The maximum absolute atomic E-state index is 8.61. The lowest BCUT2D eigenvalue weighted by molar-refractivity contribution is -0.0502. The summed E-state index contributed by atoms with van der Waals surface area (Å²) in [5, 5.41) is 8.61. The van der Waals surface area contributed by atoms with E-state index in [-0.39, 0.29) is 12.0 Å².